The molecule has 1 saturated heterocycles. The van der Waals surface area contributed by atoms with Gasteiger partial charge in [0.1, 0.15) is 11.6 Å². The van der Waals surface area contributed by atoms with Crippen LogP contribution in [0.15, 0.2) is 43.1 Å². The average Bonchev–Trinajstić information content (AvgIpc) is 3.07. The van der Waals surface area contributed by atoms with E-state index in [2.05, 4.69) is 34.7 Å². The average molecular weight is 363 g/mol. The lowest BCUT2D eigenvalue weighted by Crippen LogP contribution is -2.34. The first-order chi connectivity index (χ1) is 13.2. The highest BCUT2D eigenvalue weighted by Crippen LogP contribution is 2.26. The van der Waals surface area contributed by atoms with E-state index in [0.29, 0.717) is 5.92 Å². The zero-order valence-electron chi connectivity index (χ0n) is 15.8. The number of nitrogens with one attached hydrogen (secondary N) is 1. The van der Waals surface area contributed by atoms with Crippen LogP contribution in [0.4, 0.5) is 11.6 Å². The van der Waals surface area contributed by atoms with Gasteiger partial charge in [0.15, 0.2) is 0 Å². The molecular weight excluding hydrogens is 338 g/mol. The molecule has 7 nitrogen and oxygen atoms in total. The van der Waals surface area contributed by atoms with Gasteiger partial charge < -0.3 is 9.88 Å². The van der Waals surface area contributed by atoms with E-state index in [0.717, 1.165) is 49.1 Å². The first kappa shape index (κ1) is 17.6. The maximum atomic E-state index is 4.67. The highest BCUT2D eigenvalue weighted by molar-refractivity contribution is 5.50. The van der Waals surface area contributed by atoms with Crippen molar-refractivity contribution in [2.45, 2.75) is 32.2 Å². The number of aromatic nitrogens is 5. The van der Waals surface area contributed by atoms with Crippen molar-refractivity contribution in [3.63, 3.8) is 0 Å². The van der Waals surface area contributed by atoms with Gasteiger partial charge in [-0.3, -0.25) is 9.88 Å². The van der Waals surface area contributed by atoms with Gasteiger partial charge in [-0.1, -0.05) is 6.07 Å². The number of rotatable bonds is 5. The molecule has 1 N–H and O–H groups in total. The van der Waals surface area contributed by atoms with Gasteiger partial charge in [-0.15, -0.1) is 0 Å². The summed E-state index contributed by atoms with van der Waals surface area (Å²) in [6, 6.07) is 5.88. The van der Waals surface area contributed by atoms with Crippen LogP contribution in [0.5, 0.6) is 0 Å². The van der Waals surface area contributed by atoms with Crippen LogP contribution in [0.25, 0.3) is 0 Å². The monoisotopic (exact) mass is 363 g/mol. The number of pyridine rings is 1. The van der Waals surface area contributed by atoms with Gasteiger partial charge in [0.05, 0.1) is 30.1 Å². The Labute approximate surface area is 159 Å². The van der Waals surface area contributed by atoms with Crippen molar-refractivity contribution in [3.05, 3.63) is 60.2 Å². The number of nitrogens with zero attached hydrogens (tertiary/aromatic N) is 6. The molecule has 1 atom stereocenters. The number of piperidine rings is 1. The molecular formula is C20H25N7. The van der Waals surface area contributed by atoms with Crippen LogP contribution in [-0.4, -0.2) is 42.5 Å². The second-order valence-electron chi connectivity index (χ2n) is 7.19. The Morgan fingerprint density at radius 3 is 2.81 bits per heavy atom. The minimum Gasteiger partial charge on any atom is -0.337 e. The predicted octanol–water partition coefficient (Wildman–Crippen LogP) is 3.04. The summed E-state index contributed by atoms with van der Waals surface area (Å²) < 4.78 is 2.09. The van der Waals surface area contributed by atoms with E-state index in [1.807, 2.05) is 50.9 Å². The van der Waals surface area contributed by atoms with E-state index >= 15 is 0 Å². The fraction of sp³-hybridized carbons (Fsp3) is 0.400. The van der Waals surface area contributed by atoms with E-state index in [1.165, 1.54) is 12.1 Å². The fourth-order valence-corrected chi connectivity index (χ4v) is 3.56. The third kappa shape index (κ3) is 4.31. The Bertz CT molecular complexity index is 887. The predicted molar refractivity (Wildman–Crippen MR) is 105 cm³/mol. The molecule has 0 unspecified atom stereocenters. The van der Waals surface area contributed by atoms with E-state index in [-0.39, 0.29) is 0 Å². The smallest absolute Gasteiger partial charge is 0.150 e. The van der Waals surface area contributed by atoms with Gasteiger partial charge in [-0.05, 0) is 38.4 Å². The lowest BCUT2D eigenvalue weighted by molar-refractivity contribution is 0.194. The van der Waals surface area contributed by atoms with Crippen LogP contribution >= 0.6 is 0 Å². The van der Waals surface area contributed by atoms with Gasteiger partial charge in [0.2, 0.25) is 0 Å². The summed E-state index contributed by atoms with van der Waals surface area (Å²) >= 11 is 0. The zero-order chi connectivity index (χ0) is 18.6. The van der Waals surface area contributed by atoms with Crippen LogP contribution < -0.4 is 5.32 Å². The van der Waals surface area contributed by atoms with Gasteiger partial charge >= 0.3 is 0 Å². The Balaban J connectivity index is 1.40. The Kier molecular flexibility index (Phi) is 5.11. The Hall–Kier alpha value is -2.80. The van der Waals surface area contributed by atoms with Crippen molar-refractivity contribution in [2.24, 2.45) is 7.05 Å². The van der Waals surface area contributed by atoms with Crippen LogP contribution in [0.3, 0.4) is 0 Å². The molecule has 1 fully saturated rings. The van der Waals surface area contributed by atoms with E-state index in [1.54, 1.807) is 6.20 Å². The normalized spacial score (nSPS) is 17.8. The minimum absolute atomic E-state index is 0.422. The molecule has 4 heterocycles. The number of likely N-dealkylation sites (tertiary alicyclic amines) is 1. The summed E-state index contributed by atoms with van der Waals surface area (Å²) in [5.74, 6) is 1.93. The van der Waals surface area contributed by atoms with Crippen molar-refractivity contribution in [2.75, 3.05) is 18.4 Å². The third-order valence-corrected chi connectivity index (χ3v) is 5.04. The number of hydrogen-bond donors (Lipinski definition) is 1. The van der Waals surface area contributed by atoms with E-state index < -0.39 is 0 Å². The molecule has 0 radical (unpaired) electrons. The third-order valence-electron chi connectivity index (χ3n) is 5.04. The molecule has 27 heavy (non-hydrogen) atoms. The minimum atomic E-state index is 0.422. The molecule has 1 aliphatic rings. The van der Waals surface area contributed by atoms with Gasteiger partial charge in [-0.25, -0.2) is 15.0 Å². The Morgan fingerprint density at radius 2 is 2.07 bits per heavy atom. The van der Waals surface area contributed by atoms with Crippen molar-refractivity contribution < 1.29 is 0 Å². The number of anilines is 2. The molecule has 0 bridgehead atoms. The van der Waals surface area contributed by atoms with E-state index in [9.17, 15) is 0 Å². The molecule has 0 aromatic carbocycles. The molecule has 3 aromatic heterocycles. The second-order valence-corrected chi connectivity index (χ2v) is 7.19. The van der Waals surface area contributed by atoms with Gasteiger partial charge in [-0.2, -0.15) is 0 Å². The summed E-state index contributed by atoms with van der Waals surface area (Å²) in [5, 5.41) is 3.21. The summed E-state index contributed by atoms with van der Waals surface area (Å²) in [4.78, 5) is 20.4. The largest absolute Gasteiger partial charge is 0.337 e. The molecule has 4 rings (SSSR count). The van der Waals surface area contributed by atoms with Crippen molar-refractivity contribution in [3.8, 4) is 0 Å². The Morgan fingerprint density at radius 1 is 1.15 bits per heavy atom. The first-order valence-corrected chi connectivity index (χ1v) is 9.37. The number of aryl methyl sites for hydroxylation is 2. The maximum Gasteiger partial charge on any atom is 0.150 e. The molecule has 3 aromatic rings. The zero-order valence-corrected chi connectivity index (χ0v) is 15.8. The summed E-state index contributed by atoms with van der Waals surface area (Å²) in [6.07, 6.45) is 9.84. The molecule has 1 aliphatic heterocycles. The van der Waals surface area contributed by atoms with Crippen LogP contribution in [0, 0.1) is 6.92 Å². The highest BCUT2D eigenvalue weighted by Gasteiger charge is 2.23. The maximum absolute atomic E-state index is 4.67. The van der Waals surface area contributed by atoms with Crippen molar-refractivity contribution in [1.29, 1.82) is 0 Å². The first-order valence-electron chi connectivity index (χ1n) is 9.37. The molecule has 140 valence electrons. The van der Waals surface area contributed by atoms with Crippen LogP contribution in [0.1, 0.15) is 35.8 Å². The molecule has 0 aliphatic carbocycles. The van der Waals surface area contributed by atoms with Gasteiger partial charge in [0, 0.05) is 37.9 Å². The quantitative estimate of drug-likeness (QED) is 0.751. The highest BCUT2D eigenvalue weighted by atomic mass is 15.2. The number of hydrogen-bond acceptors (Lipinski definition) is 6. The molecule has 0 amide bonds. The lowest BCUT2D eigenvalue weighted by atomic mass is 9.95. The van der Waals surface area contributed by atoms with E-state index in [4.69, 9.17) is 0 Å². The molecule has 0 saturated carbocycles. The second kappa shape index (κ2) is 7.84. The topological polar surface area (TPSA) is 71.8 Å². The number of imidazole rings is 1. The standard InChI is InChI=1S/C20H25N7/c1-15-5-3-7-19(24-15)25-20-11-22-18(10-23-20)16-6-4-8-27(12-16)13-17-9-21-14-26(17)2/h3,5,7,9-11,14,16H,4,6,8,12-13H2,1-2H3,(H,23,24,25)/t16-/m1/s1. The van der Waals surface area contributed by atoms with Crippen LogP contribution in [0.2, 0.25) is 0 Å². The van der Waals surface area contributed by atoms with Gasteiger partial charge in [0.25, 0.3) is 0 Å². The van der Waals surface area contributed by atoms with Crippen molar-refractivity contribution in [1.82, 2.24) is 29.4 Å². The van der Waals surface area contributed by atoms with Crippen LogP contribution in [-0.2, 0) is 13.6 Å². The van der Waals surface area contributed by atoms with Crippen molar-refractivity contribution >= 4 is 11.6 Å². The molecule has 7 heteroatoms. The molecule has 0 spiro atoms. The summed E-state index contributed by atoms with van der Waals surface area (Å²) in [7, 11) is 2.05. The SMILES string of the molecule is Cc1cccc(Nc2cnc([C@@H]3CCCN(Cc4cncn4C)C3)cn2)n1. The summed E-state index contributed by atoms with van der Waals surface area (Å²) in [6.45, 7) is 5.03. The fourth-order valence-electron chi connectivity index (χ4n) is 3.56. The summed E-state index contributed by atoms with van der Waals surface area (Å²) in [5.41, 5.74) is 3.28. The lowest BCUT2D eigenvalue weighted by Gasteiger charge is -2.32.